The summed E-state index contributed by atoms with van der Waals surface area (Å²) in [6.07, 6.45) is 5.59. The summed E-state index contributed by atoms with van der Waals surface area (Å²) in [6.45, 7) is -0.0155. The van der Waals surface area contributed by atoms with E-state index in [1.807, 2.05) is 29.0 Å². The Hall–Kier alpha value is -3.99. The summed E-state index contributed by atoms with van der Waals surface area (Å²) >= 11 is 6.08. The van der Waals surface area contributed by atoms with Crippen molar-refractivity contribution in [2.75, 3.05) is 31.0 Å². The minimum atomic E-state index is -4.54. The average molecular weight is 585 g/mol. The molecule has 214 valence electrons. The monoisotopic (exact) mass is 584 g/mol. The van der Waals surface area contributed by atoms with Gasteiger partial charge in [0.2, 0.25) is 5.95 Å². The van der Waals surface area contributed by atoms with Crippen LogP contribution in [0.1, 0.15) is 42.1 Å². The van der Waals surface area contributed by atoms with Gasteiger partial charge in [-0.05, 0) is 48.2 Å². The van der Waals surface area contributed by atoms with Gasteiger partial charge in [-0.25, -0.2) is 9.97 Å². The number of nitrogens with one attached hydrogen (secondary N) is 1. The molecule has 6 rings (SSSR count). The number of fused-ring (bicyclic) bond motifs is 1. The summed E-state index contributed by atoms with van der Waals surface area (Å²) in [7, 11) is 3.27. The van der Waals surface area contributed by atoms with Gasteiger partial charge in [0, 0.05) is 30.0 Å². The second-order valence-corrected chi connectivity index (χ2v) is 10.8. The molecule has 1 aliphatic carbocycles. The van der Waals surface area contributed by atoms with Crippen LogP contribution in [0.25, 0.3) is 5.69 Å². The molecule has 0 radical (unpaired) electrons. The van der Waals surface area contributed by atoms with Crippen molar-refractivity contribution in [3.05, 3.63) is 77.0 Å². The highest BCUT2D eigenvalue weighted by Crippen LogP contribution is 2.42. The average Bonchev–Trinajstić information content (AvgIpc) is 3.39. The SMILES string of the molecule is COc1cc(Nc2ncc3c(n2)N(C)C(c2cc(Cl)ccc2C(F)(F)F)CO3)ccc1-n1cnc(CC2CCC2)c1. The van der Waals surface area contributed by atoms with E-state index in [1.165, 1.54) is 37.6 Å². The van der Waals surface area contributed by atoms with Crippen LogP contribution in [0, 0.1) is 5.92 Å². The van der Waals surface area contributed by atoms with Gasteiger partial charge in [0.15, 0.2) is 11.6 Å². The van der Waals surface area contributed by atoms with Crippen molar-refractivity contribution >= 4 is 29.1 Å². The first kappa shape index (κ1) is 27.2. The van der Waals surface area contributed by atoms with Crippen LogP contribution in [0.15, 0.2) is 55.1 Å². The highest BCUT2D eigenvalue weighted by atomic mass is 35.5. The fraction of sp³-hybridized carbons (Fsp3) is 0.345. The number of likely N-dealkylation sites (N-methyl/N-ethyl adjacent to an activating group) is 1. The van der Waals surface area contributed by atoms with Crippen molar-refractivity contribution in [3.8, 4) is 17.2 Å². The van der Waals surface area contributed by atoms with E-state index in [-0.39, 0.29) is 23.1 Å². The molecule has 41 heavy (non-hydrogen) atoms. The number of imidazole rings is 1. The zero-order valence-electron chi connectivity index (χ0n) is 22.5. The molecule has 4 aromatic rings. The van der Waals surface area contributed by atoms with E-state index in [0.29, 0.717) is 23.0 Å². The van der Waals surface area contributed by atoms with Crippen LogP contribution in [0.2, 0.25) is 5.02 Å². The van der Waals surface area contributed by atoms with Gasteiger partial charge in [-0.15, -0.1) is 0 Å². The van der Waals surface area contributed by atoms with Gasteiger partial charge in [-0.2, -0.15) is 18.2 Å². The van der Waals surface area contributed by atoms with E-state index < -0.39 is 17.8 Å². The van der Waals surface area contributed by atoms with E-state index >= 15 is 0 Å². The van der Waals surface area contributed by atoms with E-state index in [1.54, 1.807) is 25.4 Å². The first-order valence-electron chi connectivity index (χ1n) is 13.3. The molecule has 2 aromatic carbocycles. The predicted octanol–water partition coefficient (Wildman–Crippen LogP) is 7.00. The van der Waals surface area contributed by atoms with Gasteiger partial charge < -0.3 is 24.3 Å². The van der Waals surface area contributed by atoms with Crippen molar-refractivity contribution in [1.29, 1.82) is 0 Å². The molecule has 1 fully saturated rings. The number of halogens is 4. The smallest absolute Gasteiger partial charge is 0.416 e. The summed E-state index contributed by atoms with van der Waals surface area (Å²) in [5.74, 6) is 2.33. The molecule has 2 aliphatic rings. The van der Waals surface area contributed by atoms with Gasteiger partial charge in [0.05, 0.1) is 42.6 Å². The minimum Gasteiger partial charge on any atom is -0.494 e. The van der Waals surface area contributed by atoms with Crippen molar-refractivity contribution in [3.63, 3.8) is 0 Å². The molecule has 0 bridgehead atoms. The van der Waals surface area contributed by atoms with E-state index in [9.17, 15) is 13.2 Å². The topological polar surface area (TPSA) is 77.3 Å². The largest absolute Gasteiger partial charge is 0.494 e. The Morgan fingerprint density at radius 2 is 1.98 bits per heavy atom. The van der Waals surface area contributed by atoms with Crippen molar-refractivity contribution < 1.29 is 22.6 Å². The molecule has 1 unspecified atom stereocenters. The standard InChI is InChI=1S/C29H28ClF3N6O2/c1-38-24(21-11-18(30)6-8-22(21)29(31,32)33)15-41-26-13-34-28(37-27(26)38)36-19-7-9-23(25(12-19)40-2)39-14-20(35-16-39)10-17-4-3-5-17/h6-9,11-14,16-17,24H,3-5,10,15H2,1-2H3,(H,34,36,37). The lowest BCUT2D eigenvalue weighted by Crippen LogP contribution is -2.35. The molecule has 1 N–H and O–H groups in total. The highest BCUT2D eigenvalue weighted by molar-refractivity contribution is 6.30. The Morgan fingerprint density at radius 1 is 1.15 bits per heavy atom. The third-order valence-corrected chi connectivity index (χ3v) is 7.92. The van der Waals surface area contributed by atoms with E-state index in [4.69, 9.17) is 21.1 Å². The van der Waals surface area contributed by atoms with Crippen molar-refractivity contribution in [2.45, 2.75) is 37.9 Å². The highest BCUT2D eigenvalue weighted by Gasteiger charge is 2.38. The molecular formula is C29H28ClF3N6O2. The molecule has 1 saturated carbocycles. The van der Waals surface area contributed by atoms with Gasteiger partial charge in [0.25, 0.3) is 0 Å². The molecule has 3 heterocycles. The van der Waals surface area contributed by atoms with E-state index in [0.717, 1.165) is 29.8 Å². The lowest BCUT2D eigenvalue weighted by atomic mass is 9.82. The number of benzene rings is 2. The van der Waals surface area contributed by atoms with Crippen LogP contribution in [0.5, 0.6) is 11.5 Å². The number of anilines is 3. The Balaban J connectivity index is 1.23. The van der Waals surface area contributed by atoms with Gasteiger partial charge >= 0.3 is 6.18 Å². The van der Waals surface area contributed by atoms with Gasteiger partial charge in [0.1, 0.15) is 12.4 Å². The van der Waals surface area contributed by atoms with E-state index in [2.05, 4.69) is 20.3 Å². The maximum absolute atomic E-state index is 13.8. The van der Waals surface area contributed by atoms with Crippen molar-refractivity contribution in [1.82, 2.24) is 19.5 Å². The van der Waals surface area contributed by atoms with Crippen LogP contribution < -0.4 is 19.7 Å². The lowest BCUT2D eigenvalue weighted by molar-refractivity contribution is -0.138. The molecule has 8 nitrogen and oxygen atoms in total. The first-order chi connectivity index (χ1) is 19.7. The summed E-state index contributed by atoms with van der Waals surface area (Å²) in [4.78, 5) is 15.1. The normalized spacial score (nSPS) is 17.0. The number of methoxy groups -OCH3 is 1. The molecule has 0 saturated heterocycles. The molecule has 0 spiro atoms. The molecule has 1 atom stereocenters. The number of hydrogen-bond acceptors (Lipinski definition) is 7. The zero-order valence-corrected chi connectivity index (χ0v) is 23.2. The summed E-state index contributed by atoms with van der Waals surface area (Å²) in [6, 6.07) is 8.40. The van der Waals surface area contributed by atoms with Gasteiger partial charge in [-0.3, -0.25) is 0 Å². The third kappa shape index (κ3) is 5.50. The molecule has 12 heteroatoms. The zero-order chi connectivity index (χ0) is 28.7. The first-order valence-corrected chi connectivity index (χ1v) is 13.6. The number of alkyl halides is 3. The maximum atomic E-state index is 13.8. The Bertz CT molecular complexity index is 1570. The quantitative estimate of drug-likeness (QED) is 0.251. The number of ether oxygens (including phenoxy) is 2. The van der Waals surface area contributed by atoms with Crippen LogP contribution in [0.4, 0.5) is 30.6 Å². The summed E-state index contributed by atoms with van der Waals surface area (Å²) in [5.41, 5.74) is 1.83. The molecular weight excluding hydrogens is 557 g/mol. The minimum absolute atomic E-state index is 0.0155. The Labute approximate surface area is 240 Å². The van der Waals surface area contributed by atoms with Crippen LogP contribution in [-0.4, -0.2) is 40.3 Å². The lowest BCUT2D eigenvalue weighted by Gasteiger charge is -2.36. The Kier molecular flexibility index (Phi) is 7.14. The predicted molar refractivity (Wildman–Crippen MR) is 150 cm³/mol. The van der Waals surface area contributed by atoms with Crippen molar-refractivity contribution in [2.24, 2.45) is 5.92 Å². The van der Waals surface area contributed by atoms with Crippen LogP contribution in [-0.2, 0) is 12.6 Å². The fourth-order valence-corrected chi connectivity index (χ4v) is 5.44. The molecule has 0 amide bonds. The summed E-state index contributed by atoms with van der Waals surface area (Å²) in [5, 5.41) is 3.37. The second kappa shape index (κ2) is 10.8. The van der Waals surface area contributed by atoms with Crippen LogP contribution in [0.3, 0.4) is 0 Å². The molecule has 2 aromatic heterocycles. The third-order valence-electron chi connectivity index (χ3n) is 7.69. The van der Waals surface area contributed by atoms with Crippen LogP contribution >= 0.6 is 11.6 Å². The fourth-order valence-electron chi connectivity index (χ4n) is 5.26. The number of nitrogens with zero attached hydrogens (tertiary/aromatic N) is 5. The molecule has 1 aliphatic heterocycles. The number of hydrogen-bond donors (Lipinski definition) is 1. The van der Waals surface area contributed by atoms with Gasteiger partial charge in [-0.1, -0.05) is 30.9 Å². The maximum Gasteiger partial charge on any atom is 0.416 e. The second-order valence-electron chi connectivity index (χ2n) is 10.3. The summed E-state index contributed by atoms with van der Waals surface area (Å²) < 4.78 is 54.7. The Morgan fingerprint density at radius 3 is 2.71 bits per heavy atom. The number of aromatic nitrogens is 4. The number of rotatable bonds is 7.